The maximum absolute atomic E-state index is 13.4. The van der Waals surface area contributed by atoms with Crippen LogP contribution in [-0.4, -0.2) is 33.5 Å². The third-order valence-corrected chi connectivity index (χ3v) is 5.11. The van der Waals surface area contributed by atoms with E-state index in [1.54, 1.807) is 24.5 Å². The molecule has 3 heterocycles. The number of rotatable bonds is 3. The van der Waals surface area contributed by atoms with Crippen LogP contribution in [-0.2, 0) is 6.54 Å². The number of aliphatic hydroxyl groups excluding tert-OH is 1. The molecule has 4 nitrogen and oxygen atoms in total. The van der Waals surface area contributed by atoms with Gasteiger partial charge in [-0.15, -0.1) is 0 Å². The maximum Gasteiger partial charge on any atom is 0.141 e. The van der Waals surface area contributed by atoms with Gasteiger partial charge < -0.3 is 14.9 Å². The number of halogens is 2. The zero-order valence-corrected chi connectivity index (χ0v) is 15.6. The molecule has 0 unspecified atom stereocenters. The van der Waals surface area contributed by atoms with Gasteiger partial charge in [-0.2, -0.15) is 0 Å². The summed E-state index contributed by atoms with van der Waals surface area (Å²) >= 11 is 5.89. The molecule has 2 aliphatic rings. The van der Waals surface area contributed by atoms with Gasteiger partial charge in [0.15, 0.2) is 0 Å². The Hall–Kier alpha value is -2.79. The number of hydrogen-bond acceptors (Lipinski definition) is 4. The molecular formula is C21H19ClFN3O. The number of aromatic nitrogens is 1. The lowest BCUT2D eigenvalue weighted by atomic mass is 9.91. The number of benzene rings is 1. The van der Waals surface area contributed by atoms with Gasteiger partial charge in [0, 0.05) is 56.1 Å². The van der Waals surface area contributed by atoms with Gasteiger partial charge in [-0.3, -0.25) is 4.98 Å². The molecule has 1 aromatic heterocycles. The molecule has 4 rings (SSSR count). The minimum Gasteiger partial charge on any atom is -0.506 e. The molecule has 2 aliphatic heterocycles. The Bertz CT molecular complexity index is 969. The number of nitrogens with zero attached hydrogens (tertiary/aromatic N) is 3. The minimum atomic E-state index is -0.417. The van der Waals surface area contributed by atoms with Crippen molar-refractivity contribution in [3.8, 4) is 0 Å². The van der Waals surface area contributed by atoms with E-state index in [9.17, 15) is 9.50 Å². The van der Waals surface area contributed by atoms with Crippen molar-refractivity contribution in [3.63, 3.8) is 0 Å². The molecule has 0 aliphatic carbocycles. The van der Waals surface area contributed by atoms with Crippen LogP contribution in [0.2, 0.25) is 5.02 Å². The quantitative estimate of drug-likeness (QED) is 0.832. The van der Waals surface area contributed by atoms with E-state index in [2.05, 4.69) is 9.88 Å². The average Bonchev–Trinajstić information content (AvgIpc) is 2.66. The van der Waals surface area contributed by atoms with Crippen molar-refractivity contribution >= 4 is 17.3 Å². The van der Waals surface area contributed by atoms with Crippen LogP contribution < -0.4 is 0 Å². The second-order valence-corrected chi connectivity index (χ2v) is 7.11. The van der Waals surface area contributed by atoms with Gasteiger partial charge in [-0.1, -0.05) is 17.7 Å². The summed E-state index contributed by atoms with van der Waals surface area (Å²) in [4.78, 5) is 8.27. The molecule has 6 heteroatoms. The van der Waals surface area contributed by atoms with E-state index in [1.807, 2.05) is 36.5 Å². The molecule has 0 saturated heterocycles. The van der Waals surface area contributed by atoms with E-state index < -0.39 is 5.82 Å². The average molecular weight is 384 g/mol. The normalized spacial score (nSPS) is 16.9. The van der Waals surface area contributed by atoms with Gasteiger partial charge in [0.1, 0.15) is 11.6 Å². The van der Waals surface area contributed by atoms with Crippen molar-refractivity contribution in [2.24, 2.45) is 0 Å². The minimum absolute atomic E-state index is 0.124. The van der Waals surface area contributed by atoms with Crippen molar-refractivity contribution in [3.05, 3.63) is 94.0 Å². The number of hydrogen-bond donors (Lipinski definition) is 1. The third-order valence-electron chi connectivity index (χ3n) is 4.82. The zero-order valence-electron chi connectivity index (χ0n) is 14.9. The summed E-state index contributed by atoms with van der Waals surface area (Å²) in [5, 5.41) is 10.6. The summed E-state index contributed by atoms with van der Waals surface area (Å²) < 4.78 is 13.4. The molecule has 27 heavy (non-hydrogen) atoms. The zero-order chi connectivity index (χ0) is 19.0. The van der Waals surface area contributed by atoms with Crippen molar-refractivity contribution < 1.29 is 9.50 Å². The summed E-state index contributed by atoms with van der Waals surface area (Å²) in [5.41, 5.74) is 4.90. The number of aliphatic hydroxyl groups is 1. The lowest BCUT2D eigenvalue weighted by Gasteiger charge is -2.35. The molecule has 2 aromatic rings. The predicted octanol–water partition coefficient (Wildman–Crippen LogP) is 4.72. The summed E-state index contributed by atoms with van der Waals surface area (Å²) in [5.74, 6) is -0.179. The van der Waals surface area contributed by atoms with Crippen molar-refractivity contribution in [1.82, 2.24) is 14.8 Å². The molecule has 0 atom stereocenters. The topological polar surface area (TPSA) is 39.6 Å². The molecule has 1 N–H and O–H groups in total. The first-order valence-electron chi connectivity index (χ1n) is 8.70. The molecule has 1 aromatic carbocycles. The van der Waals surface area contributed by atoms with Crippen LogP contribution in [0.5, 0.6) is 0 Å². The molecule has 0 spiro atoms. The van der Waals surface area contributed by atoms with Crippen LogP contribution in [0.1, 0.15) is 17.5 Å². The molecule has 0 amide bonds. The lowest BCUT2D eigenvalue weighted by molar-refractivity contribution is 0.341. The summed E-state index contributed by atoms with van der Waals surface area (Å²) in [6.45, 7) is 1.39. The van der Waals surface area contributed by atoms with Gasteiger partial charge in [-0.05, 0) is 41.8 Å². The lowest BCUT2D eigenvalue weighted by Crippen LogP contribution is -2.28. The predicted molar refractivity (Wildman–Crippen MR) is 104 cm³/mol. The largest absolute Gasteiger partial charge is 0.506 e. The smallest absolute Gasteiger partial charge is 0.141 e. The highest BCUT2D eigenvalue weighted by Crippen LogP contribution is 2.38. The fourth-order valence-electron chi connectivity index (χ4n) is 3.59. The highest BCUT2D eigenvalue weighted by molar-refractivity contribution is 6.30. The monoisotopic (exact) mass is 383 g/mol. The second-order valence-electron chi connectivity index (χ2n) is 6.71. The van der Waals surface area contributed by atoms with Crippen LogP contribution in [0.3, 0.4) is 0 Å². The Morgan fingerprint density at radius 1 is 1.26 bits per heavy atom. The fourth-order valence-corrected chi connectivity index (χ4v) is 3.79. The van der Waals surface area contributed by atoms with Gasteiger partial charge in [0.05, 0.1) is 10.7 Å². The number of pyridine rings is 1. The molecule has 0 fully saturated rings. The Balaban J connectivity index is 1.68. The maximum atomic E-state index is 13.4. The van der Waals surface area contributed by atoms with Gasteiger partial charge in [0.2, 0.25) is 0 Å². The van der Waals surface area contributed by atoms with Crippen molar-refractivity contribution in [2.45, 2.75) is 13.0 Å². The first-order valence-corrected chi connectivity index (χ1v) is 9.08. The highest BCUT2D eigenvalue weighted by Gasteiger charge is 2.28. The van der Waals surface area contributed by atoms with Crippen molar-refractivity contribution in [1.29, 1.82) is 0 Å². The molecule has 138 valence electrons. The van der Waals surface area contributed by atoms with E-state index in [1.165, 1.54) is 6.07 Å². The van der Waals surface area contributed by atoms with E-state index in [0.29, 0.717) is 6.54 Å². The van der Waals surface area contributed by atoms with Crippen LogP contribution in [0.4, 0.5) is 4.39 Å². The Morgan fingerprint density at radius 3 is 2.85 bits per heavy atom. The standard InChI is InChI=1S/C21H19ClFN3O/c1-25-13-20(27)17-12-26(11-14-4-5-19(23)18(22)9-14)8-6-16(17)21(25)15-3-2-7-24-10-15/h2-5,7,9-10,12-13,27H,6,8,11H2,1H3. The van der Waals surface area contributed by atoms with Crippen LogP contribution in [0, 0.1) is 5.82 Å². The van der Waals surface area contributed by atoms with Crippen LogP contribution in [0.25, 0.3) is 5.70 Å². The Labute approximate surface area is 162 Å². The molecule has 0 bridgehead atoms. The third kappa shape index (κ3) is 3.43. The van der Waals surface area contributed by atoms with E-state index in [0.717, 1.165) is 40.9 Å². The summed E-state index contributed by atoms with van der Waals surface area (Å²) in [7, 11) is 1.93. The molecule has 0 radical (unpaired) electrons. The Morgan fingerprint density at radius 2 is 2.11 bits per heavy atom. The van der Waals surface area contributed by atoms with Gasteiger partial charge >= 0.3 is 0 Å². The number of fused-ring (bicyclic) bond motifs is 1. The number of allylic oxidation sites excluding steroid dienone is 1. The fraction of sp³-hybridized carbons (Fsp3) is 0.190. The summed E-state index contributed by atoms with van der Waals surface area (Å²) in [6.07, 6.45) is 8.05. The highest BCUT2D eigenvalue weighted by atomic mass is 35.5. The first-order chi connectivity index (χ1) is 13.0. The first kappa shape index (κ1) is 17.6. The van der Waals surface area contributed by atoms with E-state index in [4.69, 9.17) is 11.6 Å². The summed E-state index contributed by atoms with van der Waals surface area (Å²) in [6, 6.07) is 8.69. The van der Waals surface area contributed by atoms with Crippen LogP contribution in [0.15, 0.2) is 72.0 Å². The van der Waals surface area contributed by atoms with Crippen molar-refractivity contribution in [2.75, 3.05) is 13.6 Å². The SMILES string of the molecule is CN1C=C(O)C2=CN(Cc3ccc(F)c(Cl)c3)CCC2=C1c1cccnc1. The van der Waals surface area contributed by atoms with Gasteiger partial charge in [-0.25, -0.2) is 4.39 Å². The van der Waals surface area contributed by atoms with Gasteiger partial charge in [0.25, 0.3) is 0 Å². The van der Waals surface area contributed by atoms with E-state index >= 15 is 0 Å². The van der Waals surface area contributed by atoms with E-state index in [-0.39, 0.29) is 10.8 Å². The van der Waals surface area contributed by atoms with Crippen LogP contribution >= 0.6 is 11.6 Å². The second kappa shape index (κ2) is 7.08. The Kier molecular flexibility index (Phi) is 4.62. The molecular weight excluding hydrogens is 365 g/mol. The molecule has 0 saturated carbocycles.